The van der Waals surface area contributed by atoms with Gasteiger partial charge in [0.25, 0.3) is 0 Å². The van der Waals surface area contributed by atoms with Crippen molar-refractivity contribution in [1.29, 1.82) is 0 Å². The van der Waals surface area contributed by atoms with Crippen molar-refractivity contribution in [1.82, 2.24) is 0 Å². The summed E-state index contributed by atoms with van der Waals surface area (Å²) in [6.07, 6.45) is 3.18. The standard InChI is InChI=1S/C42H47N3O5/c1-4-45-33-21-26(11-13-28(33)27-12-10-25(43)20-30(27)39(45)24-8-6-5-7-9-24)44-38-32-15-14-29-31-16-19-42(50,36(49)23-46)41(31,3)22-35(48)37(29)40(32,2)18-17-34(38)47/h5-13,20-21,29,31-32,35,37,46,48,50H,4,14-19,22-23H2,1-3H3,(H-,43,47)/p+1/t29-,31-,32?,35-,37+,40-,41-,42-/m0/s1. The maximum absolute atomic E-state index is 13.8. The van der Waals surface area contributed by atoms with Gasteiger partial charge in [-0.2, -0.15) is 4.57 Å². The number of anilines is 1. The smallest absolute Gasteiger partial charge is 0.220 e. The van der Waals surface area contributed by atoms with Crippen LogP contribution in [-0.2, 0) is 16.1 Å². The van der Waals surface area contributed by atoms with Gasteiger partial charge in [-0.25, -0.2) is 4.99 Å². The van der Waals surface area contributed by atoms with Crippen molar-refractivity contribution in [3.05, 3.63) is 66.7 Å². The fraction of sp³-hybridized carbons (Fsp3) is 0.476. The molecule has 0 aliphatic heterocycles. The molecule has 260 valence electrons. The molecule has 8 heteroatoms. The lowest BCUT2D eigenvalue weighted by molar-refractivity contribution is -0.655. The van der Waals surface area contributed by atoms with Gasteiger partial charge in [0, 0.05) is 40.5 Å². The molecule has 4 aliphatic rings. The molecule has 0 saturated heterocycles. The highest BCUT2D eigenvalue weighted by Gasteiger charge is 2.69. The molecule has 8 nitrogen and oxygen atoms in total. The van der Waals surface area contributed by atoms with Gasteiger partial charge in [0.05, 0.1) is 28.3 Å². The van der Waals surface area contributed by atoms with Crippen LogP contribution in [0.2, 0.25) is 0 Å². The van der Waals surface area contributed by atoms with Crippen LogP contribution < -0.4 is 10.3 Å². The van der Waals surface area contributed by atoms with Crippen molar-refractivity contribution in [3.8, 4) is 11.3 Å². The third kappa shape index (κ3) is 4.60. The number of carbonyl (C=O) groups is 2. The Bertz CT molecular complexity index is 2080. The van der Waals surface area contributed by atoms with Crippen molar-refractivity contribution in [2.45, 2.75) is 84.0 Å². The maximum atomic E-state index is 13.8. The van der Waals surface area contributed by atoms with E-state index in [-0.39, 0.29) is 34.9 Å². The second kappa shape index (κ2) is 11.8. The minimum atomic E-state index is -1.63. The number of aliphatic hydroxyl groups is 3. The minimum absolute atomic E-state index is 0.0566. The number of ketones is 2. The zero-order valence-corrected chi connectivity index (χ0v) is 29.2. The Balaban J connectivity index is 1.21. The van der Waals surface area contributed by atoms with Crippen LogP contribution in [0.25, 0.3) is 32.9 Å². The summed E-state index contributed by atoms with van der Waals surface area (Å²) in [6.45, 7) is 6.34. The zero-order chi connectivity index (χ0) is 35.2. The SMILES string of the molecule is CC[n+]1c(-c2ccccc2)c2cc(N)ccc2c2ccc(N=C3C(=O)CC[C@@]4(C)C3CC[C@@H]3[C@@H]4[C@@H](O)C[C@@]4(C)[C@H]3CC[C@]4(O)C(=O)CO)cc21. The summed E-state index contributed by atoms with van der Waals surface area (Å²) < 4.78 is 2.31. The van der Waals surface area contributed by atoms with Crippen molar-refractivity contribution in [2.24, 2.45) is 39.5 Å². The maximum Gasteiger partial charge on any atom is 0.220 e. The quantitative estimate of drug-likeness (QED) is 0.115. The van der Waals surface area contributed by atoms with E-state index in [9.17, 15) is 24.9 Å². The van der Waals surface area contributed by atoms with Gasteiger partial charge >= 0.3 is 0 Å². The van der Waals surface area contributed by atoms with E-state index in [0.717, 1.165) is 58.0 Å². The van der Waals surface area contributed by atoms with Crippen LogP contribution in [0.5, 0.6) is 0 Å². The van der Waals surface area contributed by atoms with Crippen molar-refractivity contribution in [2.75, 3.05) is 12.3 Å². The minimum Gasteiger partial charge on any atom is -0.399 e. The summed E-state index contributed by atoms with van der Waals surface area (Å²) >= 11 is 0. The van der Waals surface area contributed by atoms with Gasteiger partial charge in [-0.05, 0) is 105 Å². The number of rotatable bonds is 5. The molecule has 3 aromatic carbocycles. The second-order valence-electron chi connectivity index (χ2n) is 16.0. The predicted octanol–water partition coefficient (Wildman–Crippen LogP) is 6.11. The number of fused-ring (bicyclic) bond motifs is 8. The molecule has 0 amide bonds. The lowest BCUT2D eigenvalue weighted by Gasteiger charge is -2.62. The largest absolute Gasteiger partial charge is 0.399 e. The van der Waals surface area contributed by atoms with E-state index >= 15 is 0 Å². The van der Waals surface area contributed by atoms with Gasteiger partial charge in [0.2, 0.25) is 11.2 Å². The molecule has 5 N–H and O–H groups in total. The number of carbonyl (C=O) groups excluding carboxylic acids is 2. The average molecular weight is 675 g/mol. The predicted molar refractivity (Wildman–Crippen MR) is 195 cm³/mol. The monoisotopic (exact) mass is 674 g/mol. The van der Waals surface area contributed by atoms with Gasteiger partial charge in [-0.1, -0.05) is 38.1 Å². The van der Waals surface area contributed by atoms with E-state index in [2.05, 4.69) is 48.7 Å². The number of hydrogen-bond donors (Lipinski definition) is 4. The molecule has 1 heterocycles. The van der Waals surface area contributed by atoms with Gasteiger partial charge in [0.15, 0.2) is 11.6 Å². The molecule has 8 atom stereocenters. The van der Waals surface area contributed by atoms with E-state index in [0.29, 0.717) is 43.5 Å². The molecule has 4 aliphatic carbocycles. The summed E-state index contributed by atoms with van der Waals surface area (Å²) in [4.78, 5) is 31.8. The zero-order valence-electron chi connectivity index (χ0n) is 29.2. The first kappa shape index (κ1) is 33.2. The number of nitrogens with two attached hydrogens (primary N) is 1. The van der Waals surface area contributed by atoms with Crippen LogP contribution in [0.4, 0.5) is 11.4 Å². The fourth-order valence-corrected chi connectivity index (χ4v) is 11.5. The number of benzene rings is 3. The Morgan fingerprint density at radius 1 is 0.980 bits per heavy atom. The first-order valence-corrected chi connectivity index (χ1v) is 18.4. The molecule has 50 heavy (non-hydrogen) atoms. The van der Waals surface area contributed by atoms with E-state index in [1.54, 1.807) is 0 Å². The Hall–Kier alpha value is -3.98. The Morgan fingerprint density at radius 3 is 2.48 bits per heavy atom. The van der Waals surface area contributed by atoms with Crippen LogP contribution in [0, 0.1) is 34.5 Å². The highest BCUT2D eigenvalue weighted by Crippen LogP contribution is 2.68. The Kier molecular flexibility index (Phi) is 7.82. The van der Waals surface area contributed by atoms with E-state index < -0.39 is 29.5 Å². The number of nitrogens with zero attached hydrogens (tertiary/aromatic N) is 2. The number of aryl methyl sites for hydroxylation is 1. The van der Waals surface area contributed by atoms with Crippen LogP contribution >= 0.6 is 0 Å². The van der Waals surface area contributed by atoms with Gasteiger partial charge in [-0.3, -0.25) is 9.59 Å². The molecule has 0 spiro atoms. The lowest BCUT2D eigenvalue weighted by atomic mass is 9.43. The van der Waals surface area contributed by atoms with Crippen LogP contribution in [0.15, 0.2) is 71.7 Å². The molecule has 0 radical (unpaired) electrons. The lowest BCUT2D eigenvalue weighted by Crippen LogP contribution is -2.64. The third-order valence-corrected chi connectivity index (χ3v) is 13.8. The van der Waals surface area contributed by atoms with Crippen molar-refractivity contribution in [3.63, 3.8) is 0 Å². The number of aliphatic imine (C=N–C) groups is 1. The first-order chi connectivity index (χ1) is 23.9. The van der Waals surface area contributed by atoms with Crippen LogP contribution in [-0.4, -0.2) is 50.9 Å². The van der Waals surface area contributed by atoms with Gasteiger partial charge in [0.1, 0.15) is 18.8 Å². The van der Waals surface area contributed by atoms with Crippen molar-refractivity contribution < 1.29 is 29.5 Å². The van der Waals surface area contributed by atoms with E-state index in [1.807, 2.05) is 43.3 Å². The summed E-state index contributed by atoms with van der Waals surface area (Å²) in [5.41, 5.74) is 8.81. The summed E-state index contributed by atoms with van der Waals surface area (Å²) in [6, 6.07) is 22.7. The third-order valence-electron chi connectivity index (χ3n) is 13.8. The molecule has 4 fully saturated rings. The fourth-order valence-electron chi connectivity index (χ4n) is 11.5. The highest BCUT2D eigenvalue weighted by atomic mass is 16.3. The Labute approximate surface area is 293 Å². The van der Waals surface area contributed by atoms with Gasteiger partial charge < -0.3 is 21.1 Å². The average Bonchev–Trinajstić information content (AvgIpc) is 3.38. The van der Waals surface area contributed by atoms with Crippen LogP contribution in [0.1, 0.15) is 65.7 Å². The van der Waals surface area contributed by atoms with Crippen molar-refractivity contribution >= 4 is 50.3 Å². The molecule has 1 aromatic heterocycles. The second-order valence-corrected chi connectivity index (χ2v) is 16.0. The summed E-state index contributed by atoms with van der Waals surface area (Å²) in [5, 5.41) is 36.6. The molecular formula is C42H48N3O5+. The number of Topliss-reactive ketones (excluding diaryl/α,β-unsaturated/α-hetero) is 2. The molecule has 1 unspecified atom stereocenters. The number of pyridine rings is 1. The normalized spacial score (nSPS) is 34.5. The number of nitrogen functional groups attached to an aromatic ring is 1. The Morgan fingerprint density at radius 2 is 1.74 bits per heavy atom. The van der Waals surface area contributed by atoms with Gasteiger partial charge in [-0.15, -0.1) is 0 Å². The molecule has 4 saturated carbocycles. The van der Waals surface area contributed by atoms with E-state index in [1.165, 1.54) is 0 Å². The number of aliphatic hydroxyl groups excluding tert-OH is 2. The summed E-state index contributed by atoms with van der Waals surface area (Å²) in [5.74, 6) is -0.470. The molecule has 4 aromatic rings. The molecular weight excluding hydrogens is 626 g/mol. The number of hydrogen-bond acceptors (Lipinski definition) is 7. The molecule has 0 bridgehead atoms. The number of aromatic nitrogens is 1. The molecule has 8 rings (SSSR count). The van der Waals surface area contributed by atoms with Crippen LogP contribution in [0.3, 0.4) is 0 Å². The van der Waals surface area contributed by atoms with E-state index in [4.69, 9.17) is 10.7 Å². The summed E-state index contributed by atoms with van der Waals surface area (Å²) in [7, 11) is 0. The first-order valence-electron chi connectivity index (χ1n) is 18.4. The highest BCUT2D eigenvalue weighted by molar-refractivity contribution is 6.42. The topological polar surface area (TPSA) is 137 Å².